The van der Waals surface area contributed by atoms with Crippen LogP contribution in [0.2, 0.25) is 0 Å². The molecule has 254 valence electrons. The van der Waals surface area contributed by atoms with Gasteiger partial charge in [0.15, 0.2) is 18.1 Å². The van der Waals surface area contributed by atoms with Crippen LogP contribution in [0.4, 0.5) is 8.78 Å². The number of benzene rings is 2. The smallest absolute Gasteiger partial charge is 0.375 e. The van der Waals surface area contributed by atoms with Crippen LogP contribution in [0.3, 0.4) is 0 Å². The Labute approximate surface area is 269 Å². The molecule has 1 saturated heterocycles. The second-order valence-electron chi connectivity index (χ2n) is 10.7. The molecule has 0 saturated carbocycles. The van der Waals surface area contributed by atoms with E-state index in [1.807, 2.05) is 0 Å². The summed E-state index contributed by atoms with van der Waals surface area (Å²) in [5.74, 6) is -9.98. The molecule has 15 heteroatoms. The molecule has 5 N–H and O–H groups in total. The molecule has 0 aromatic heterocycles. The first-order valence-corrected chi connectivity index (χ1v) is 14.5. The highest BCUT2D eigenvalue weighted by molar-refractivity contribution is 5.97. The lowest BCUT2D eigenvalue weighted by Gasteiger charge is -2.48. The third-order valence-corrected chi connectivity index (χ3v) is 7.30. The highest BCUT2D eigenvalue weighted by Crippen LogP contribution is 2.41. The Morgan fingerprint density at radius 3 is 2.15 bits per heavy atom. The number of esters is 2. The summed E-state index contributed by atoms with van der Waals surface area (Å²) in [6.07, 6.45) is -8.20. The molecule has 0 radical (unpaired) electrons. The molecule has 1 aliphatic rings. The number of methoxy groups -OCH3 is 1. The van der Waals surface area contributed by atoms with Gasteiger partial charge in [-0.1, -0.05) is 48.5 Å². The van der Waals surface area contributed by atoms with Gasteiger partial charge >= 0.3 is 17.8 Å². The minimum atomic E-state index is -3.88. The number of alkyl halides is 2. The molecule has 2 unspecified atom stereocenters. The van der Waals surface area contributed by atoms with Crippen LogP contribution in [0.1, 0.15) is 41.0 Å². The summed E-state index contributed by atoms with van der Waals surface area (Å²) in [7, 11) is 0.770. The predicted molar refractivity (Wildman–Crippen MR) is 161 cm³/mol. The molecule has 0 spiro atoms. The Hall–Kier alpha value is -4.73. The van der Waals surface area contributed by atoms with Crippen LogP contribution in [0, 0.1) is 5.92 Å². The van der Waals surface area contributed by atoms with Crippen molar-refractivity contribution in [3.63, 3.8) is 0 Å². The maximum absolute atomic E-state index is 16.3. The van der Waals surface area contributed by atoms with Crippen molar-refractivity contribution >= 4 is 29.4 Å². The number of amides is 1. The van der Waals surface area contributed by atoms with Crippen LogP contribution >= 0.6 is 0 Å². The predicted octanol–water partition coefficient (Wildman–Crippen LogP) is 1.10. The molecule has 3 rings (SSSR count). The Morgan fingerprint density at radius 1 is 1.02 bits per heavy atom. The molecule has 1 aliphatic heterocycles. The van der Waals surface area contributed by atoms with Gasteiger partial charge in [0.2, 0.25) is 0 Å². The number of halogens is 2. The van der Waals surface area contributed by atoms with Crippen molar-refractivity contribution in [1.29, 1.82) is 0 Å². The van der Waals surface area contributed by atoms with Gasteiger partial charge in [0.1, 0.15) is 17.7 Å². The van der Waals surface area contributed by atoms with E-state index >= 15 is 8.78 Å². The lowest BCUT2D eigenvalue weighted by atomic mass is 9.78. The number of carbonyl (C=O) groups is 5. The summed E-state index contributed by atoms with van der Waals surface area (Å²) in [4.78, 5) is 62.3. The first-order chi connectivity index (χ1) is 22.3. The topological polar surface area (TPSA) is 190 Å². The Morgan fingerprint density at radius 2 is 1.62 bits per heavy atom. The zero-order valence-corrected chi connectivity index (χ0v) is 25.9. The van der Waals surface area contributed by atoms with Crippen LogP contribution in [0.5, 0.6) is 0 Å². The van der Waals surface area contributed by atoms with Crippen LogP contribution < -0.4 is 16.0 Å². The zero-order valence-electron chi connectivity index (χ0n) is 25.9. The molecular weight excluding hydrogens is 624 g/mol. The van der Waals surface area contributed by atoms with E-state index < -0.39 is 91.3 Å². The van der Waals surface area contributed by atoms with Crippen molar-refractivity contribution in [2.24, 2.45) is 5.92 Å². The number of hydrogen-bond donors (Lipinski definition) is 5. The molecule has 0 bridgehead atoms. The van der Waals surface area contributed by atoms with Gasteiger partial charge in [-0.25, -0.2) is 9.18 Å². The average Bonchev–Trinajstić information content (AvgIpc) is 3.07. The second kappa shape index (κ2) is 16.7. The number of nitrogens with one attached hydrogen (secondary N) is 3. The number of Topliss-reactive ketones (excluding diaryl/α,β-unsaturated/α-hetero) is 2. The quantitative estimate of drug-likeness (QED) is 0.135. The summed E-state index contributed by atoms with van der Waals surface area (Å²) >= 11 is 0. The Kier molecular flexibility index (Phi) is 13.1. The molecule has 1 heterocycles. The molecular formula is C32H37F2N3O10. The fraction of sp³-hybridized carbons (Fsp3) is 0.406. The molecule has 2 aromatic carbocycles. The molecule has 7 atom stereocenters. The molecule has 13 nitrogen and oxygen atoms in total. The lowest BCUT2D eigenvalue weighted by molar-refractivity contribution is -0.288. The lowest BCUT2D eigenvalue weighted by Crippen LogP contribution is -2.69. The average molecular weight is 662 g/mol. The SMILES string of the molecule is COC(=O)[C@]1(F)OC([C@H](O)[C@@H](CO)OC(C)=O)[C@H](CC(C)=O)[C@H](N/C(=C/NC(=O)c2ccccc2)NCC(=O)c2ccccc2)C1F. The summed E-state index contributed by atoms with van der Waals surface area (Å²) in [6.45, 7) is 0.712. The van der Waals surface area contributed by atoms with E-state index in [9.17, 15) is 34.2 Å². The van der Waals surface area contributed by atoms with Crippen molar-refractivity contribution in [2.45, 2.75) is 56.6 Å². The number of aliphatic hydroxyl groups is 2. The number of carbonyl (C=O) groups excluding carboxylic acids is 5. The van der Waals surface area contributed by atoms with E-state index in [2.05, 4.69) is 20.7 Å². The van der Waals surface area contributed by atoms with Crippen LogP contribution in [-0.2, 0) is 28.6 Å². The standard InChI is InChI=1S/C32H37F2N3O10/c1-18(39)14-22-26(29(33)32(34,31(44)45-3)47-28(22)27(42)24(17-38)46-19(2)40)37-25(16-36-30(43)21-12-8-5-9-13-21)35-15-23(41)20-10-6-4-7-11-20/h4-13,16,22,24,26-29,35,37-38,42H,14-15,17H2,1-3H3,(H,36,43)/b25-16+/t22-,24-,26+,27-,28?,29?,32-/m1/s1. The largest absolute Gasteiger partial charge is 0.465 e. The van der Waals surface area contributed by atoms with Crippen LogP contribution in [-0.4, -0.2) is 96.3 Å². The van der Waals surface area contributed by atoms with Gasteiger partial charge in [-0.15, -0.1) is 0 Å². The molecule has 1 amide bonds. The van der Waals surface area contributed by atoms with Crippen molar-refractivity contribution in [1.82, 2.24) is 16.0 Å². The van der Waals surface area contributed by atoms with E-state index in [-0.39, 0.29) is 11.4 Å². The van der Waals surface area contributed by atoms with Crippen molar-refractivity contribution in [2.75, 3.05) is 20.3 Å². The van der Waals surface area contributed by atoms with Crippen LogP contribution in [0.25, 0.3) is 0 Å². The van der Waals surface area contributed by atoms with Gasteiger partial charge in [-0.3, -0.25) is 14.4 Å². The summed E-state index contributed by atoms with van der Waals surface area (Å²) in [5.41, 5.74) is 0.554. The Bertz CT molecular complexity index is 1450. The monoisotopic (exact) mass is 661 g/mol. The van der Waals surface area contributed by atoms with Gasteiger partial charge in [-0.2, -0.15) is 4.39 Å². The maximum atomic E-state index is 16.3. The molecule has 47 heavy (non-hydrogen) atoms. The normalized spacial score (nSPS) is 23.9. The van der Waals surface area contributed by atoms with E-state index in [0.717, 1.165) is 27.2 Å². The fourth-order valence-corrected chi connectivity index (χ4v) is 5.06. The van der Waals surface area contributed by atoms with Crippen molar-refractivity contribution in [3.05, 3.63) is 83.8 Å². The Balaban J connectivity index is 2.06. The van der Waals surface area contributed by atoms with E-state index in [0.29, 0.717) is 5.56 Å². The first kappa shape index (κ1) is 36.7. The van der Waals surface area contributed by atoms with E-state index in [1.54, 1.807) is 48.5 Å². The van der Waals surface area contributed by atoms with Crippen molar-refractivity contribution < 1.29 is 57.2 Å². The fourth-order valence-electron chi connectivity index (χ4n) is 5.06. The third-order valence-electron chi connectivity index (χ3n) is 7.30. The summed E-state index contributed by atoms with van der Waals surface area (Å²) < 4.78 is 47.0. The highest BCUT2D eigenvalue weighted by Gasteiger charge is 2.63. The number of hydrogen-bond acceptors (Lipinski definition) is 12. The van der Waals surface area contributed by atoms with Gasteiger partial charge < -0.3 is 45.2 Å². The third kappa shape index (κ3) is 9.40. The zero-order chi connectivity index (χ0) is 34.7. The molecule has 1 fully saturated rings. The van der Waals surface area contributed by atoms with Gasteiger partial charge in [0.25, 0.3) is 5.91 Å². The number of rotatable bonds is 15. The number of aliphatic hydroxyl groups excluding tert-OH is 2. The van der Waals surface area contributed by atoms with Crippen LogP contribution in [0.15, 0.2) is 72.7 Å². The summed E-state index contributed by atoms with van der Waals surface area (Å²) in [6, 6.07) is 14.1. The van der Waals surface area contributed by atoms with E-state index in [4.69, 9.17) is 9.47 Å². The molecule has 0 aliphatic carbocycles. The minimum Gasteiger partial charge on any atom is -0.465 e. The van der Waals surface area contributed by atoms with E-state index in [1.165, 1.54) is 12.1 Å². The van der Waals surface area contributed by atoms with Gasteiger partial charge in [0, 0.05) is 36.6 Å². The minimum absolute atomic E-state index is 0.240. The molecule has 2 aromatic rings. The van der Waals surface area contributed by atoms with Crippen molar-refractivity contribution in [3.8, 4) is 0 Å². The van der Waals surface area contributed by atoms with Gasteiger partial charge in [0.05, 0.1) is 32.4 Å². The highest BCUT2D eigenvalue weighted by atomic mass is 19.2. The number of ketones is 2. The van der Waals surface area contributed by atoms with Gasteiger partial charge in [-0.05, 0) is 19.1 Å². The second-order valence-corrected chi connectivity index (χ2v) is 10.7. The number of ether oxygens (including phenoxy) is 3. The maximum Gasteiger partial charge on any atom is 0.375 e. The summed E-state index contributed by atoms with van der Waals surface area (Å²) in [5, 5.41) is 28.8. The first-order valence-electron chi connectivity index (χ1n) is 14.5.